The van der Waals surface area contributed by atoms with E-state index >= 15 is 0 Å². The lowest BCUT2D eigenvalue weighted by Crippen LogP contribution is -1.86. The average Bonchev–Trinajstić information content (AvgIpc) is 2.17. The van der Waals surface area contributed by atoms with E-state index in [1.165, 1.54) is 11.8 Å². The lowest BCUT2D eigenvalue weighted by molar-refractivity contribution is -0.131. The molecule has 3 heteroatoms. The molecule has 0 unspecified atom stereocenters. The SMILES string of the molecule is C=CSc1ccccc1C=CC(=O)O. The maximum Gasteiger partial charge on any atom is 0.328 e. The van der Waals surface area contributed by atoms with Crippen molar-refractivity contribution >= 4 is 23.8 Å². The highest BCUT2D eigenvalue weighted by Gasteiger charge is 1.97. The lowest BCUT2D eigenvalue weighted by atomic mass is 10.2. The lowest BCUT2D eigenvalue weighted by Gasteiger charge is -2.00. The summed E-state index contributed by atoms with van der Waals surface area (Å²) in [6.07, 6.45) is 2.71. The van der Waals surface area contributed by atoms with Crippen LogP contribution in [0.15, 0.2) is 47.2 Å². The van der Waals surface area contributed by atoms with Gasteiger partial charge in [0.1, 0.15) is 0 Å². The van der Waals surface area contributed by atoms with Crippen molar-refractivity contribution < 1.29 is 9.90 Å². The van der Waals surface area contributed by atoms with E-state index in [9.17, 15) is 4.79 Å². The van der Waals surface area contributed by atoms with Gasteiger partial charge >= 0.3 is 5.97 Å². The summed E-state index contributed by atoms with van der Waals surface area (Å²) in [5.41, 5.74) is 0.889. The summed E-state index contributed by atoms with van der Waals surface area (Å²) in [7, 11) is 0. The minimum Gasteiger partial charge on any atom is -0.478 e. The van der Waals surface area contributed by atoms with Gasteiger partial charge in [0.15, 0.2) is 0 Å². The van der Waals surface area contributed by atoms with Crippen molar-refractivity contribution in [2.24, 2.45) is 0 Å². The Morgan fingerprint density at radius 2 is 2.14 bits per heavy atom. The van der Waals surface area contributed by atoms with Crippen LogP contribution in [0.25, 0.3) is 6.08 Å². The van der Waals surface area contributed by atoms with E-state index in [-0.39, 0.29) is 0 Å². The molecule has 1 N–H and O–H groups in total. The molecule has 0 bridgehead atoms. The van der Waals surface area contributed by atoms with Gasteiger partial charge in [0, 0.05) is 11.0 Å². The van der Waals surface area contributed by atoms with Crippen molar-refractivity contribution in [2.45, 2.75) is 4.90 Å². The topological polar surface area (TPSA) is 37.3 Å². The van der Waals surface area contributed by atoms with E-state index in [1.807, 2.05) is 24.3 Å². The molecule has 0 aliphatic rings. The molecular weight excluding hydrogens is 196 g/mol. The third kappa shape index (κ3) is 3.11. The van der Waals surface area contributed by atoms with Gasteiger partial charge in [-0.25, -0.2) is 4.79 Å². The van der Waals surface area contributed by atoms with Gasteiger partial charge in [-0.05, 0) is 23.1 Å². The fourth-order valence-electron chi connectivity index (χ4n) is 0.976. The van der Waals surface area contributed by atoms with Crippen LogP contribution in [0.1, 0.15) is 5.56 Å². The molecule has 0 aliphatic heterocycles. The number of thioether (sulfide) groups is 1. The van der Waals surface area contributed by atoms with Crippen molar-refractivity contribution in [3.8, 4) is 0 Å². The predicted molar refractivity (Wildman–Crippen MR) is 59.2 cm³/mol. The summed E-state index contributed by atoms with van der Waals surface area (Å²) in [6, 6.07) is 7.57. The third-order valence-corrected chi connectivity index (χ3v) is 2.33. The highest BCUT2D eigenvalue weighted by molar-refractivity contribution is 8.02. The number of aliphatic carboxylic acids is 1. The zero-order chi connectivity index (χ0) is 10.4. The van der Waals surface area contributed by atoms with E-state index in [2.05, 4.69) is 6.58 Å². The van der Waals surface area contributed by atoms with E-state index in [1.54, 1.807) is 11.5 Å². The van der Waals surface area contributed by atoms with Gasteiger partial charge in [-0.1, -0.05) is 36.5 Å². The third-order valence-electron chi connectivity index (χ3n) is 1.53. The molecule has 0 saturated carbocycles. The first-order chi connectivity index (χ1) is 6.74. The van der Waals surface area contributed by atoms with Gasteiger partial charge < -0.3 is 5.11 Å². The second-order valence-corrected chi connectivity index (χ2v) is 3.50. The Morgan fingerprint density at radius 1 is 1.43 bits per heavy atom. The molecule has 0 atom stereocenters. The second-order valence-electron chi connectivity index (χ2n) is 2.49. The maximum atomic E-state index is 10.3. The quantitative estimate of drug-likeness (QED) is 0.607. The predicted octanol–water partition coefficient (Wildman–Crippen LogP) is 3.02. The fraction of sp³-hybridized carbons (Fsp3) is 0. The molecule has 1 aromatic rings. The fourth-order valence-corrected chi connectivity index (χ4v) is 1.59. The molecule has 2 nitrogen and oxygen atoms in total. The highest BCUT2D eigenvalue weighted by atomic mass is 32.2. The number of benzene rings is 1. The number of hydrogen-bond donors (Lipinski definition) is 1. The summed E-state index contributed by atoms with van der Waals surface area (Å²) < 4.78 is 0. The van der Waals surface area contributed by atoms with Gasteiger partial charge in [-0.2, -0.15) is 0 Å². The first-order valence-electron chi connectivity index (χ1n) is 4.01. The summed E-state index contributed by atoms with van der Waals surface area (Å²) >= 11 is 1.47. The molecule has 0 radical (unpaired) electrons. The number of carboxylic acids is 1. The zero-order valence-corrected chi connectivity index (χ0v) is 8.33. The van der Waals surface area contributed by atoms with Crippen LogP contribution in [0.5, 0.6) is 0 Å². The van der Waals surface area contributed by atoms with E-state index in [4.69, 9.17) is 5.11 Å². The molecule has 1 rings (SSSR count). The monoisotopic (exact) mass is 206 g/mol. The van der Waals surface area contributed by atoms with Crippen molar-refractivity contribution in [3.63, 3.8) is 0 Å². The minimum absolute atomic E-state index is 0.889. The minimum atomic E-state index is -0.941. The van der Waals surface area contributed by atoms with E-state index in [0.717, 1.165) is 16.5 Å². The Morgan fingerprint density at radius 3 is 2.79 bits per heavy atom. The van der Waals surface area contributed by atoms with Crippen LogP contribution in [-0.4, -0.2) is 11.1 Å². The van der Waals surface area contributed by atoms with Gasteiger partial charge in [0.25, 0.3) is 0 Å². The molecule has 0 fully saturated rings. The Hall–Kier alpha value is -1.48. The Balaban J connectivity index is 2.94. The van der Waals surface area contributed by atoms with Crippen LogP contribution in [0.4, 0.5) is 0 Å². The maximum absolute atomic E-state index is 10.3. The van der Waals surface area contributed by atoms with Crippen molar-refractivity contribution in [2.75, 3.05) is 0 Å². The van der Waals surface area contributed by atoms with Crippen LogP contribution in [0.2, 0.25) is 0 Å². The molecule has 0 aliphatic carbocycles. The molecule has 0 aromatic heterocycles. The molecule has 1 aromatic carbocycles. The first-order valence-corrected chi connectivity index (χ1v) is 4.89. The number of rotatable bonds is 4. The van der Waals surface area contributed by atoms with Gasteiger partial charge in [-0.15, -0.1) is 0 Å². The molecule has 0 heterocycles. The first kappa shape index (κ1) is 10.6. The second kappa shape index (κ2) is 5.29. The van der Waals surface area contributed by atoms with Crippen LogP contribution in [0, 0.1) is 0 Å². The van der Waals surface area contributed by atoms with Crippen molar-refractivity contribution in [1.82, 2.24) is 0 Å². The van der Waals surface area contributed by atoms with Crippen molar-refractivity contribution in [3.05, 3.63) is 47.9 Å². The molecule has 72 valence electrons. The zero-order valence-electron chi connectivity index (χ0n) is 7.51. The Labute approximate surface area is 87.0 Å². The molecule has 14 heavy (non-hydrogen) atoms. The van der Waals surface area contributed by atoms with Crippen LogP contribution < -0.4 is 0 Å². The number of carboxylic acid groups (broad SMARTS) is 1. The summed E-state index contributed by atoms with van der Waals surface area (Å²) in [5, 5.41) is 10.2. The molecule has 0 saturated heterocycles. The Bertz CT molecular complexity index is 369. The number of carbonyl (C=O) groups is 1. The van der Waals surface area contributed by atoms with Crippen LogP contribution >= 0.6 is 11.8 Å². The molecular formula is C11H10O2S. The molecule has 0 amide bonds. The number of hydrogen-bond acceptors (Lipinski definition) is 2. The smallest absolute Gasteiger partial charge is 0.328 e. The molecule has 0 spiro atoms. The van der Waals surface area contributed by atoms with Crippen LogP contribution in [-0.2, 0) is 4.79 Å². The standard InChI is InChI=1S/C11H10O2S/c1-2-14-10-6-4-3-5-9(10)7-8-11(12)13/h2-8H,1H2,(H,12,13). The van der Waals surface area contributed by atoms with Crippen LogP contribution in [0.3, 0.4) is 0 Å². The van der Waals surface area contributed by atoms with Gasteiger partial charge in [-0.3, -0.25) is 0 Å². The van der Waals surface area contributed by atoms with Gasteiger partial charge in [0.2, 0.25) is 0 Å². The average molecular weight is 206 g/mol. The largest absolute Gasteiger partial charge is 0.478 e. The summed E-state index contributed by atoms with van der Waals surface area (Å²) in [5.74, 6) is -0.941. The van der Waals surface area contributed by atoms with E-state index < -0.39 is 5.97 Å². The normalized spacial score (nSPS) is 10.3. The summed E-state index contributed by atoms with van der Waals surface area (Å²) in [4.78, 5) is 11.3. The summed E-state index contributed by atoms with van der Waals surface area (Å²) in [6.45, 7) is 3.61. The van der Waals surface area contributed by atoms with Gasteiger partial charge in [0.05, 0.1) is 0 Å². The highest BCUT2D eigenvalue weighted by Crippen LogP contribution is 2.23. The van der Waals surface area contributed by atoms with E-state index in [0.29, 0.717) is 0 Å². The van der Waals surface area contributed by atoms with Crippen molar-refractivity contribution in [1.29, 1.82) is 0 Å². The Kier molecular flexibility index (Phi) is 4.01.